The van der Waals surface area contributed by atoms with Crippen molar-refractivity contribution in [3.63, 3.8) is 0 Å². The van der Waals surface area contributed by atoms with Gasteiger partial charge in [-0.3, -0.25) is 4.79 Å². The fraction of sp³-hybridized carbons (Fsp3) is 0. The molecule has 2 aromatic rings. The van der Waals surface area contributed by atoms with Gasteiger partial charge in [0.2, 0.25) is 0 Å². The normalized spacial score (nSPS) is 11.6. The van der Waals surface area contributed by atoms with Gasteiger partial charge in [0.15, 0.2) is 10.4 Å². The van der Waals surface area contributed by atoms with Gasteiger partial charge >= 0.3 is 5.97 Å². The molecule has 1 heterocycles. The number of rotatable bonds is 5. The summed E-state index contributed by atoms with van der Waals surface area (Å²) >= 11 is 3.07. The quantitative estimate of drug-likeness (QED) is 0.631. The molecule has 0 aliphatic carbocycles. The minimum Gasteiger partial charge on any atom is -0.477 e. The Morgan fingerprint density at radius 1 is 1.14 bits per heavy atom. The molecule has 1 amide bonds. The predicted molar refractivity (Wildman–Crippen MR) is 85.1 cm³/mol. The second kappa shape index (κ2) is 7.42. The maximum atomic E-state index is 11.9. The number of hydrogen-bond donors (Lipinski definition) is 2. The Morgan fingerprint density at radius 3 is 2.45 bits per heavy atom. The van der Waals surface area contributed by atoms with E-state index in [1.807, 2.05) is 30.3 Å². The third-order valence-electron chi connectivity index (χ3n) is 2.63. The van der Waals surface area contributed by atoms with E-state index in [2.05, 4.69) is 21.2 Å². The first-order valence-corrected chi connectivity index (χ1v) is 7.09. The second-order valence-corrected chi connectivity index (χ2v) is 4.99. The molecule has 0 saturated carbocycles. The van der Waals surface area contributed by atoms with Crippen molar-refractivity contribution in [2.24, 2.45) is 0 Å². The summed E-state index contributed by atoms with van der Waals surface area (Å²) in [6.07, 6.45) is 4.60. The summed E-state index contributed by atoms with van der Waals surface area (Å²) in [7, 11) is 0. The topological polar surface area (TPSA) is 79.5 Å². The summed E-state index contributed by atoms with van der Waals surface area (Å²) < 4.78 is 5.46. The van der Waals surface area contributed by atoms with E-state index in [4.69, 9.17) is 9.52 Å². The van der Waals surface area contributed by atoms with Crippen LogP contribution in [0.2, 0.25) is 0 Å². The molecular formula is C16H12BrNO4. The molecule has 2 N–H and O–H groups in total. The molecule has 0 bridgehead atoms. The number of carbonyl (C=O) groups is 2. The average Bonchev–Trinajstić information content (AvgIpc) is 2.93. The third-order valence-corrected chi connectivity index (χ3v) is 3.05. The van der Waals surface area contributed by atoms with Gasteiger partial charge in [-0.05, 0) is 39.7 Å². The van der Waals surface area contributed by atoms with E-state index in [1.165, 1.54) is 12.1 Å². The highest BCUT2D eigenvalue weighted by Gasteiger charge is 2.15. The average molecular weight is 362 g/mol. The van der Waals surface area contributed by atoms with Gasteiger partial charge in [-0.25, -0.2) is 4.79 Å². The molecule has 1 aromatic carbocycles. The van der Waals surface area contributed by atoms with Gasteiger partial charge in [0.1, 0.15) is 5.70 Å². The molecule has 0 radical (unpaired) electrons. The van der Waals surface area contributed by atoms with Crippen LogP contribution in [0.15, 0.2) is 69.4 Å². The summed E-state index contributed by atoms with van der Waals surface area (Å²) in [5, 5.41) is 11.4. The highest BCUT2D eigenvalue weighted by Crippen LogP contribution is 2.14. The number of allylic oxidation sites excluding steroid dienone is 2. The molecule has 0 atom stereocenters. The van der Waals surface area contributed by atoms with Gasteiger partial charge in [0, 0.05) is 0 Å². The van der Waals surface area contributed by atoms with Crippen molar-refractivity contribution in [2.75, 3.05) is 0 Å². The van der Waals surface area contributed by atoms with Crippen molar-refractivity contribution < 1.29 is 19.1 Å². The van der Waals surface area contributed by atoms with Crippen LogP contribution in [0, 0.1) is 0 Å². The largest absolute Gasteiger partial charge is 0.477 e. The van der Waals surface area contributed by atoms with Gasteiger partial charge in [0.25, 0.3) is 5.91 Å². The van der Waals surface area contributed by atoms with Crippen LogP contribution in [0.4, 0.5) is 0 Å². The predicted octanol–water partition coefficient (Wildman–Crippen LogP) is 3.45. The van der Waals surface area contributed by atoms with E-state index in [0.29, 0.717) is 4.67 Å². The number of halogens is 1. The summed E-state index contributed by atoms with van der Waals surface area (Å²) in [5.41, 5.74) is 0.675. The standard InChI is InChI=1S/C16H12BrNO4/c17-14-10-9-13(22-14)15(19)18-12(16(20)21)8-4-7-11-5-2-1-3-6-11/h1-10H,(H,18,19)(H,20,21). The summed E-state index contributed by atoms with van der Waals surface area (Å²) in [4.78, 5) is 23.0. The highest BCUT2D eigenvalue weighted by atomic mass is 79.9. The van der Waals surface area contributed by atoms with Gasteiger partial charge in [-0.15, -0.1) is 0 Å². The summed E-state index contributed by atoms with van der Waals surface area (Å²) in [6, 6.07) is 12.4. The summed E-state index contributed by atoms with van der Waals surface area (Å²) in [5.74, 6) is -1.85. The Balaban J connectivity index is 2.09. The molecule has 5 nitrogen and oxygen atoms in total. The fourth-order valence-corrected chi connectivity index (χ4v) is 1.91. The lowest BCUT2D eigenvalue weighted by molar-refractivity contribution is -0.133. The number of aliphatic carboxylic acids is 1. The zero-order valence-electron chi connectivity index (χ0n) is 11.3. The molecular weight excluding hydrogens is 350 g/mol. The van der Waals surface area contributed by atoms with Gasteiger partial charge < -0.3 is 14.8 Å². The molecule has 0 unspecified atom stereocenters. The van der Waals surface area contributed by atoms with Crippen LogP contribution in [-0.4, -0.2) is 17.0 Å². The van der Waals surface area contributed by atoms with Crippen LogP contribution < -0.4 is 5.32 Å². The number of carboxylic acids is 1. The van der Waals surface area contributed by atoms with Crippen LogP contribution in [0.1, 0.15) is 16.1 Å². The van der Waals surface area contributed by atoms with Crippen molar-refractivity contribution in [2.45, 2.75) is 0 Å². The maximum Gasteiger partial charge on any atom is 0.352 e. The molecule has 6 heteroatoms. The Labute approximate surface area is 135 Å². The Bertz CT molecular complexity index is 732. The first kappa shape index (κ1) is 15.8. The van der Waals surface area contributed by atoms with Gasteiger partial charge in [-0.2, -0.15) is 0 Å². The van der Waals surface area contributed by atoms with Crippen LogP contribution in [-0.2, 0) is 4.79 Å². The smallest absolute Gasteiger partial charge is 0.352 e. The first-order chi connectivity index (χ1) is 10.6. The van der Waals surface area contributed by atoms with E-state index < -0.39 is 11.9 Å². The molecule has 0 fully saturated rings. The van der Waals surface area contributed by atoms with Crippen molar-refractivity contribution in [1.82, 2.24) is 5.32 Å². The van der Waals surface area contributed by atoms with Crippen LogP contribution in [0.25, 0.3) is 6.08 Å². The number of carboxylic acid groups (broad SMARTS) is 1. The highest BCUT2D eigenvalue weighted by molar-refractivity contribution is 9.10. The lowest BCUT2D eigenvalue weighted by Crippen LogP contribution is -2.26. The van der Waals surface area contributed by atoms with Gasteiger partial charge in [0.05, 0.1) is 0 Å². The molecule has 22 heavy (non-hydrogen) atoms. The molecule has 1 aromatic heterocycles. The minimum atomic E-state index is -1.24. The van der Waals surface area contributed by atoms with E-state index in [-0.39, 0.29) is 11.5 Å². The number of carbonyl (C=O) groups excluding carboxylic acids is 1. The number of furan rings is 1. The zero-order valence-corrected chi connectivity index (χ0v) is 12.9. The lowest BCUT2D eigenvalue weighted by atomic mass is 10.2. The molecule has 0 spiro atoms. The van der Waals surface area contributed by atoms with Crippen LogP contribution in [0.5, 0.6) is 0 Å². The van der Waals surface area contributed by atoms with Crippen molar-refractivity contribution >= 4 is 33.9 Å². The van der Waals surface area contributed by atoms with E-state index >= 15 is 0 Å². The molecule has 0 saturated heterocycles. The third kappa shape index (κ3) is 4.46. The fourth-order valence-electron chi connectivity index (χ4n) is 1.61. The minimum absolute atomic E-state index is 0.0195. The number of amides is 1. The summed E-state index contributed by atoms with van der Waals surface area (Å²) in [6.45, 7) is 0. The molecule has 2 rings (SSSR count). The van der Waals surface area contributed by atoms with Crippen LogP contribution >= 0.6 is 15.9 Å². The number of hydrogen-bond acceptors (Lipinski definition) is 3. The number of benzene rings is 1. The van der Waals surface area contributed by atoms with E-state index in [9.17, 15) is 9.59 Å². The maximum absolute atomic E-state index is 11.9. The second-order valence-electron chi connectivity index (χ2n) is 4.21. The Hall–Kier alpha value is -2.60. The van der Waals surface area contributed by atoms with E-state index in [1.54, 1.807) is 18.2 Å². The molecule has 112 valence electrons. The zero-order chi connectivity index (χ0) is 15.9. The molecule has 0 aliphatic heterocycles. The van der Waals surface area contributed by atoms with Crippen molar-refractivity contribution in [3.8, 4) is 0 Å². The van der Waals surface area contributed by atoms with Gasteiger partial charge in [-0.1, -0.05) is 42.5 Å². The monoisotopic (exact) mass is 361 g/mol. The Kier molecular flexibility index (Phi) is 5.32. The Morgan fingerprint density at radius 2 is 1.86 bits per heavy atom. The SMILES string of the molecule is O=C(O)C(=CC=Cc1ccccc1)NC(=O)c1ccc(Br)o1. The van der Waals surface area contributed by atoms with Crippen molar-refractivity contribution in [3.05, 3.63) is 76.3 Å². The van der Waals surface area contributed by atoms with Crippen LogP contribution in [0.3, 0.4) is 0 Å². The van der Waals surface area contributed by atoms with Crippen molar-refractivity contribution in [1.29, 1.82) is 0 Å². The lowest BCUT2D eigenvalue weighted by Gasteiger charge is -2.02. The first-order valence-electron chi connectivity index (χ1n) is 6.29. The number of nitrogens with one attached hydrogen (secondary N) is 1. The molecule has 0 aliphatic rings. The van der Waals surface area contributed by atoms with E-state index in [0.717, 1.165) is 5.56 Å².